The highest BCUT2D eigenvalue weighted by Crippen LogP contribution is 2.26. The molecular weight excluding hydrogens is 224 g/mol. The molecule has 4 heteroatoms. The lowest BCUT2D eigenvalue weighted by Gasteiger charge is -2.05. The smallest absolute Gasteiger partial charge is 0.231 e. The Labute approximate surface area is 98.2 Å². The van der Waals surface area contributed by atoms with Crippen LogP contribution in [0.3, 0.4) is 0 Å². The van der Waals surface area contributed by atoms with Gasteiger partial charge in [0.2, 0.25) is 5.88 Å². The zero-order chi connectivity index (χ0) is 11.7. The van der Waals surface area contributed by atoms with Crippen LogP contribution in [0.4, 0.5) is 0 Å². The molecule has 2 rings (SSSR count). The highest BCUT2D eigenvalue weighted by molar-refractivity contribution is 6.32. The Morgan fingerprint density at radius 3 is 2.75 bits per heavy atom. The van der Waals surface area contributed by atoms with Gasteiger partial charge in [-0.25, -0.2) is 4.98 Å². The number of aryl methyl sites for hydroxylation is 1. The lowest BCUT2D eigenvalue weighted by atomic mass is 10.1. The molecule has 2 aromatic rings. The molecule has 16 heavy (non-hydrogen) atoms. The fourth-order valence-electron chi connectivity index (χ4n) is 1.52. The van der Waals surface area contributed by atoms with E-state index >= 15 is 0 Å². The van der Waals surface area contributed by atoms with Gasteiger partial charge in [0, 0.05) is 10.4 Å². The second-order valence-corrected chi connectivity index (χ2v) is 3.86. The predicted octanol–water partition coefficient (Wildman–Crippen LogP) is 3.08. The number of methoxy groups -OCH3 is 1. The van der Waals surface area contributed by atoms with Gasteiger partial charge in [-0.15, -0.1) is 0 Å². The van der Waals surface area contributed by atoms with Crippen LogP contribution >= 0.6 is 11.6 Å². The number of hydrogen-bond donors (Lipinski definition) is 0. The number of rotatable bonds is 1. The summed E-state index contributed by atoms with van der Waals surface area (Å²) >= 11 is 6.01. The van der Waals surface area contributed by atoms with Crippen LogP contribution in [0.5, 0.6) is 5.88 Å². The maximum atomic E-state index is 8.93. The van der Waals surface area contributed by atoms with E-state index in [1.165, 1.54) is 7.11 Å². The van der Waals surface area contributed by atoms with Crippen LogP contribution in [0, 0.1) is 18.3 Å². The molecule has 80 valence electrons. The highest BCUT2D eigenvalue weighted by Gasteiger charge is 2.08. The Morgan fingerprint density at radius 1 is 1.38 bits per heavy atom. The second-order valence-electron chi connectivity index (χ2n) is 3.45. The zero-order valence-electron chi connectivity index (χ0n) is 8.91. The summed E-state index contributed by atoms with van der Waals surface area (Å²) < 4.78 is 5.05. The van der Waals surface area contributed by atoms with Crippen molar-refractivity contribution in [2.45, 2.75) is 6.92 Å². The van der Waals surface area contributed by atoms with Crippen molar-refractivity contribution in [2.24, 2.45) is 0 Å². The molecule has 1 heterocycles. The highest BCUT2D eigenvalue weighted by atomic mass is 35.5. The number of fused-ring (bicyclic) bond motifs is 1. The molecule has 3 nitrogen and oxygen atoms in total. The van der Waals surface area contributed by atoms with Gasteiger partial charge in [-0.2, -0.15) is 5.26 Å². The number of pyridine rings is 1. The van der Waals surface area contributed by atoms with Crippen molar-refractivity contribution < 1.29 is 4.74 Å². The third-order valence-corrected chi connectivity index (χ3v) is 2.78. The fraction of sp³-hybridized carbons (Fsp3) is 0.167. The van der Waals surface area contributed by atoms with E-state index in [1.807, 2.05) is 19.1 Å². The minimum atomic E-state index is 0.344. The van der Waals surface area contributed by atoms with Crippen LogP contribution in [-0.4, -0.2) is 12.1 Å². The number of hydrogen-bond acceptors (Lipinski definition) is 3. The quantitative estimate of drug-likeness (QED) is 0.759. The topological polar surface area (TPSA) is 45.9 Å². The molecular formula is C12H9ClN2O. The van der Waals surface area contributed by atoms with Gasteiger partial charge < -0.3 is 4.74 Å². The summed E-state index contributed by atoms with van der Waals surface area (Å²) in [5, 5.41) is 10.4. The third-order valence-electron chi connectivity index (χ3n) is 2.37. The van der Waals surface area contributed by atoms with Crippen LogP contribution in [0.15, 0.2) is 18.2 Å². The molecule has 0 aliphatic heterocycles. The standard InChI is InChI=1S/C12H9ClN2O/c1-7-3-11-8(5-10(7)13)4-9(6-14)12(15-11)16-2/h3-5H,1-2H3. The Bertz CT molecular complexity index is 602. The van der Waals surface area contributed by atoms with Crippen molar-refractivity contribution in [2.75, 3.05) is 7.11 Å². The number of halogens is 1. The van der Waals surface area contributed by atoms with Crippen molar-refractivity contribution >= 4 is 22.5 Å². The van der Waals surface area contributed by atoms with Gasteiger partial charge >= 0.3 is 0 Å². The minimum Gasteiger partial charge on any atom is -0.480 e. The van der Waals surface area contributed by atoms with Gasteiger partial charge in [-0.1, -0.05) is 11.6 Å². The summed E-state index contributed by atoms with van der Waals surface area (Å²) in [5.41, 5.74) is 2.14. The average Bonchev–Trinajstić information content (AvgIpc) is 2.29. The molecule has 0 saturated heterocycles. The molecule has 0 saturated carbocycles. The molecule has 0 fully saturated rings. The van der Waals surface area contributed by atoms with Crippen LogP contribution in [0.1, 0.15) is 11.1 Å². The van der Waals surface area contributed by atoms with Crippen LogP contribution in [0.2, 0.25) is 5.02 Å². The van der Waals surface area contributed by atoms with Crippen molar-refractivity contribution in [3.8, 4) is 11.9 Å². The number of benzene rings is 1. The Kier molecular flexibility index (Phi) is 2.67. The maximum Gasteiger partial charge on any atom is 0.231 e. The number of nitriles is 1. The summed E-state index contributed by atoms with van der Waals surface area (Å²) in [6, 6.07) is 7.45. The molecule has 1 aromatic heterocycles. The summed E-state index contributed by atoms with van der Waals surface area (Å²) in [6.45, 7) is 1.91. The summed E-state index contributed by atoms with van der Waals surface area (Å²) in [6.07, 6.45) is 0. The first-order valence-electron chi connectivity index (χ1n) is 4.70. The Balaban J connectivity index is 2.80. The number of aromatic nitrogens is 1. The lowest BCUT2D eigenvalue weighted by molar-refractivity contribution is 0.398. The lowest BCUT2D eigenvalue weighted by Crippen LogP contribution is -1.93. The van der Waals surface area contributed by atoms with Gasteiger partial charge in [0.05, 0.1) is 12.6 Å². The molecule has 0 unspecified atom stereocenters. The van der Waals surface area contributed by atoms with Crippen LogP contribution < -0.4 is 4.74 Å². The molecule has 0 N–H and O–H groups in total. The SMILES string of the molecule is COc1nc2cc(C)c(Cl)cc2cc1C#N. The third kappa shape index (κ3) is 1.68. The average molecular weight is 233 g/mol. The zero-order valence-corrected chi connectivity index (χ0v) is 9.67. The van der Waals surface area contributed by atoms with Crippen molar-refractivity contribution in [3.63, 3.8) is 0 Å². The first-order chi connectivity index (χ1) is 7.65. The second kappa shape index (κ2) is 3.99. The van der Waals surface area contributed by atoms with Gasteiger partial charge in [-0.05, 0) is 30.7 Å². The van der Waals surface area contributed by atoms with Gasteiger partial charge in [0.15, 0.2) is 0 Å². The Morgan fingerprint density at radius 2 is 2.12 bits per heavy atom. The van der Waals surface area contributed by atoms with Crippen LogP contribution in [0.25, 0.3) is 10.9 Å². The molecule has 0 spiro atoms. The van der Waals surface area contributed by atoms with E-state index in [-0.39, 0.29) is 0 Å². The van der Waals surface area contributed by atoms with E-state index in [0.717, 1.165) is 16.5 Å². The maximum absolute atomic E-state index is 8.93. The van der Waals surface area contributed by atoms with E-state index in [9.17, 15) is 0 Å². The predicted molar refractivity (Wildman–Crippen MR) is 62.8 cm³/mol. The summed E-state index contributed by atoms with van der Waals surface area (Å²) in [5.74, 6) is 0.344. The number of ether oxygens (including phenoxy) is 1. The van der Waals surface area contributed by atoms with Gasteiger partial charge in [-0.3, -0.25) is 0 Å². The normalized spacial score (nSPS) is 10.1. The van der Waals surface area contributed by atoms with Crippen molar-refractivity contribution in [1.29, 1.82) is 5.26 Å². The van der Waals surface area contributed by atoms with Crippen LogP contribution in [-0.2, 0) is 0 Å². The van der Waals surface area contributed by atoms with E-state index in [1.54, 1.807) is 12.1 Å². The molecule has 1 aromatic carbocycles. The van der Waals surface area contributed by atoms with Gasteiger partial charge in [0.1, 0.15) is 11.6 Å². The fourth-order valence-corrected chi connectivity index (χ4v) is 1.69. The first-order valence-corrected chi connectivity index (χ1v) is 5.08. The monoisotopic (exact) mass is 232 g/mol. The molecule has 0 aliphatic rings. The molecule has 0 radical (unpaired) electrons. The van der Waals surface area contributed by atoms with Gasteiger partial charge in [0.25, 0.3) is 0 Å². The van der Waals surface area contributed by atoms with Crippen molar-refractivity contribution in [1.82, 2.24) is 4.98 Å². The summed E-state index contributed by atoms with van der Waals surface area (Å²) in [7, 11) is 1.50. The largest absolute Gasteiger partial charge is 0.480 e. The molecule has 0 aliphatic carbocycles. The van der Waals surface area contributed by atoms with E-state index < -0.39 is 0 Å². The molecule has 0 atom stereocenters. The Hall–Kier alpha value is -1.79. The minimum absolute atomic E-state index is 0.344. The summed E-state index contributed by atoms with van der Waals surface area (Å²) in [4.78, 5) is 4.26. The van der Waals surface area contributed by atoms with E-state index in [2.05, 4.69) is 4.98 Å². The number of nitrogens with zero attached hydrogens (tertiary/aromatic N) is 2. The van der Waals surface area contributed by atoms with E-state index in [0.29, 0.717) is 16.5 Å². The molecule has 0 amide bonds. The van der Waals surface area contributed by atoms with Crippen molar-refractivity contribution in [3.05, 3.63) is 34.3 Å². The first kappa shape index (κ1) is 10.7. The molecule has 0 bridgehead atoms. The van der Waals surface area contributed by atoms with E-state index in [4.69, 9.17) is 21.6 Å².